The first-order valence-electron chi connectivity index (χ1n) is 8.73. The van der Waals surface area contributed by atoms with Crippen molar-refractivity contribution < 1.29 is 22.6 Å². The van der Waals surface area contributed by atoms with E-state index in [1.807, 2.05) is 25.1 Å². The van der Waals surface area contributed by atoms with Crippen LogP contribution in [0, 0.1) is 0 Å². The molecule has 2 N–H and O–H groups in total. The maximum absolute atomic E-state index is 12.6. The fourth-order valence-electron chi connectivity index (χ4n) is 2.19. The molecule has 154 valence electrons. The predicted octanol–water partition coefficient (Wildman–Crippen LogP) is 3.35. The Morgan fingerprint density at radius 1 is 1.25 bits per heavy atom. The highest BCUT2D eigenvalue weighted by Gasteiger charge is 2.33. The van der Waals surface area contributed by atoms with Gasteiger partial charge in [0, 0.05) is 31.0 Å². The Morgan fingerprint density at radius 3 is 2.71 bits per heavy atom. The van der Waals surface area contributed by atoms with E-state index in [0.29, 0.717) is 49.4 Å². The molecule has 0 bridgehead atoms. The zero-order chi connectivity index (χ0) is 20.4. The number of hydrogen-bond donors (Lipinski definition) is 2. The summed E-state index contributed by atoms with van der Waals surface area (Å²) in [5, 5.41) is 7.64. The average Bonchev–Trinajstić information content (AvgIpc) is 3.15. The lowest BCUT2D eigenvalue weighted by molar-refractivity contribution is -0.140. The molecule has 10 heteroatoms. The number of thiazole rings is 1. The number of halogens is 3. The van der Waals surface area contributed by atoms with Crippen molar-refractivity contribution in [3.8, 4) is 11.5 Å². The van der Waals surface area contributed by atoms with Gasteiger partial charge in [-0.15, -0.1) is 11.3 Å². The minimum atomic E-state index is -4.41. The number of aromatic nitrogens is 1. The van der Waals surface area contributed by atoms with Gasteiger partial charge in [0.05, 0.1) is 18.7 Å². The molecular formula is C18H23F3N4O2S. The minimum Gasteiger partial charge on any atom is -0.497 e. The number of rotatable bonds is 9. The number of alkyl halides is 3. The van der Waals surface area contributed by atoms with Gasteiger partial charge in [-0.25, -0.2) is 4.98 Å². The Hall–Kier alpha value is -2.49. The summed E-state index contributed by atoms with van der Waals surface area (Å²) in [7, 11) is 1.59. The van der Waals surface area contributed by atoms with Gasteiger partial charge in [-0.05, 0) is 19.1 Å². The zero-order valence-electron chi connectivity index (χ0n) is 15.7. The Morgan fingerprint density at radius 2 is 2.04 bits per heavy atom. The molecule has 2 rings (SSSR count). The van der Waals surface area contributed by atoms with Gasteiger partial charge in [-0.1, -0.05) is 6.07 Å². The summed E-state index contributed by atoms with van der Waals surface area (Å²) < 4.78 is 48.5. The van der Waals surface area contributed by atoms with Crippen molar-refractivity contribution in [1.29, 1.82) is 0 Å². The van der Waals surface area contributed by atoms with Gasteiger partial charge >= 0.3 is 6.18 Å². The van der Waals surface area contributed by atoms with Gasteiger partial charge in [0.15, 0.2) is 11.7 Å². The maximum atomic E-state index is 12.6. The van der Waals surface area contributed by atoms with Gasteiger partial charge in [-0.2, -0.15) is 13.2 Å². The number of nitrogens with one attached hydrogen (secondary N) is 2. The van der Waals surface area contributed by atoms with Crippen LogP contribution in [0.25, 0.3) is 0 Å². The molecular weight excluding hydrogens is 393 g/mol. The SMILES string of the molecule is CCNC(=NCCc1nc(C(F)(F)F)cs1)NCCOc1cccc(OC)c1. The second-order valence-corrected chi connectivity index (χ2v) is 6.53. The van der Waals surface area contributed by atoms with Crippen LogP contribution in [0.2, 0.25) is 0 Å². The topological polar surface area (TPSA) is 67.8 Å². The highest BCUT2D eigenvalue weighted by atomic mass is 32.1. The molecule has 0 aliphatic rings. The standard InChI is InChI=1S/C18H23F3N4O2S/c1-3-22-17(23-8-7-16-25-15(12-28-16)18(19,20)21)24-9-10-27-14-6-4-5-13(11-14)26-2/h4-6,11-12H,3,7-10H2,1-2H3,(H2,22,23,24). The lowest BCUT2D eigenvalue weighted by Crippen LogP contribution is -2.39. The van der Waals surface area contributed by atoms with Gasteiger partial charge in [0.1, 0.15) is 18.1 Å². The van der Waals surface area contributed by atoms with Gasteiger partial charge in [0.2, 0.25) is 0 Å². The van der Waals surface area contributed by atoms with Gasteiger partial charge in [0.25, 0.3) is 0 Å². The van der Waals surface area contributed by atoms with Crippen LogP contribution in [-0.2, 0) is 12.6 Å². The van der Waals surface area contributed by atoms with Crippen LogP contribution in [0.15, 0.2) is 34.6 Å². The summed E-state index contributed by atoms with van der Waals surface area (Å²) in [4.78, 5) is 7.96. The number of benzene rings is 1. The molecule has 1 aromatic heterocycles. The van der Waals surface area contributed by atoms with Crippen molar-refractivity contribution in [2.45, 2.75) is 19.5 Å². The Balaban J connectivity index is 1.77. The third-order valence-electron chi connectivity index (χ3n) is 3.49. The number of methoxy groups -OCH3 is 1. The fraction of sp³-hybridized carbons (Fsp3) is 0.444. The normalized spacial score (nSPS) is 12.0. The first kappa shape index (κ1) is 21.8. The highest BCUT2D eigenvalue weighted by Crippen LogP contribution is 2.30. The molecule has 0 spiro atoms. The first-order valence-corrected chi connectivity index (χ1v) is 9.61. The van der Waals surface area contributed by atoms with E-state index in [1.165, 1.54) is 0 Å². The molecule has 0 unspecified atom stereocenters. The molecule has 0 saturated heterocycles. The predicted molar refractivity (Wildman–Crippen MR) is 103 cm³/mol. The largest absolute Gasteiger partial charge is 0.497 e. The highest BCUT2D eigenvalue weighted by molar-refractivity contribution is 7.09. The molecule has 28 heavy (non-hydrogen) atoms. The fourth-order valence-corrected chi connectivity index (χ4v) is 2.98. The minimum absolute atomic E-state index is 0.330. The summed E-state index contributed by atoms with van der Waals surface area (Å²) in [6, 6.07) is 7.31. The summed E-state index contributed by atoms with van der Waals surface area (Å²) in [5.41, 5.74) is -0.851. The second kappa shape index (κ2) is 10.7. The Bertz CT molecular complexity index is 765. The number of nitrogens with zero attached hydrogens (tertiary/aromatic N) is 2. The molecule has 0 aliphatic heterocycles. The van der Waals surface area contributed by atoms with E-state index in [-0.39, 0.29) is 0 Å². The first-order chi connectivity index (χ1) is 13.4. The molecule has 0 amide bonds. The third kappa shape index (κ3) is 7.26. The Kier molecular flexibility index (Phi) is 8.37. The van der Waals surface area contributed by atoms with E-state index in [2.05, 4.69) is 20.6 Å². The van der Waals surface area contributed by atoms with Crippen molar-refractivity contribution in [2.24, 2.45) is 4.99 Å². The van der Waals surface area contributed by atoms with E-state index in [1.54, 1.807) is 13.2 Å². The van der Waals surface area contributed by atoms with Crippen LogP contribution >= 0.6 is 11.3 Å². The number of ether oxygens (including phenoxy) is 2. The summed E-state index contributed by atoms with van der Waals surface area (Å²) in [6.45, 7) is 3.85. The van der Waals surface area contributed by atoms with Crippen LogP contribution in [0.5, 0.6) is 11.5 Å². The molecule has 0 saturated carbocycles. The van der Waals surface area contributed by atoms with E-state index >= 15 is 0 Å². The summed E-state index contributed by atoms with van der Waals surface area (Å²) >= 11 is 0.992. The van der Waals surface area contributed by atoms with Crippen molar-refractivity contribution in [3.05, 3.63) is 40.3 Å². The molecule has 2 aromatic rings. The smallest absolute Gasteiger partial charge is 0.434 e. The van der Waals surface area contributed by atoms with Crippen molar-refractivity contribution in [3.63, 3.8) is 0 Å². The molecule has 0 atom stereocenters. The van der Waals surface area contributed by atoms with Crippen LogP contribution in [0.1, 0.15) is 17.6 Å². The quantitative estimate of drug-likeness (QED) is 0.373. The molecule has 6 nitrogen and oxygen atoms in total. The van der Waals surface area contributed by atoms with E-state index in [4.69, 9.17) is 9.47 Å². The number of guanidine groups is 1. The van der Waals surface area contributed by atoms with E-state index in [9.17, 15) is 13.2 Å². The van der Waals surface area contributed by atoms with E-state index < -0.39 is 11.9 Å². The van der Waals surface area contributed by atoms with Crippen molar-refractivity contribution >= 4 is 17.3 Å². The van der Waals surface area contributed by atoms with Crippen LogP contribution < -0.4 is 20.1 Å². The average molecular weight is 416 g/mol. The maximum Gasteiger partial charge on any atom is 0.434 e. The third-order valence-corrected chi connectivity index (χ3v) is 4.40. The summed E-state index contributed by atoms with van der Waals surface area (Å²) in [5.74, 6) is 1.99. The van der Waals surface area contributed by atoms with Crippen molar-refractivity contribution in [2.75, 3.05) is 33.4 Å². The van der Waals surface area contributed by atoms with Crippen LogP contribution in [0.3, 0.4) is 0 Å². The second-order valence-electron chi connectivity index (χ2n) is 5.59. The molecule has 0 fully saturated rings. The zero-order valence-corrected chi connectivity index (χ0v) is 16.5. The monoisotopic (exact) mass is 416 g/mol. The number of aliphatic imine (C=N–C) groups is 1. The van der Waals surface area contributed by atoms with Crippen LogP contribution in [-0.4, -0.2) is 44.3 Å². The summed E-state index contributed by atoms with van der Waals surface area (Å²) in [6.07, 6.45) is -4.06. The molecule has 1 heterocycles. The Labute approximate surface area is 165 Å². The van der Waals surface area contributed by atoms with E-state index in [0.717, 1.165) is 22.5 Å². The van der Waals surface area contributed by atoms with Crippen molar-refractivity contribution in [1.82, 2.24) is 15.6 Å². The lowest BCUT2D eigenvalue weighted by atomic mass is 10.3. The molecule has 1 aromatic carbocycles. The van der Waals surface area contributed by atoms with Gasteiger partial charge in [-0.3, -0.25) is 4.99 Å². The molecule has 0 radical (unpaired) electrons. The number of hydrogen-bond acceptors (Lipinski definition) is 5. The lowest BCUT2D eigenvalue weighted by Gasteiger charge is -2.12. The van der Waals surface area contributed by atoms with Gasteiger partial charge < -0.3 is 20.1 Å². The van der Waals surface area contributed by atoms with Crippen LogP contribution in [0.4, 0.5) is 13.2 Å². The molecule has 0 aliphatic carbocycles.